The summed E-state index contributed by atoms with van der Waals surface area (Å²) in [6.45, 7) is 2.57. The predicted octanol–water partition coefficient (Wildman–Crippen LogP) is 0.462. The van der Waals surface area contributed by atoms with Gasteiger partial charge in [-0.1, -0.05) is 0 Å². The number of ketones is 1. The largest absolute Gasteiger partial charge is 0.466 e. The van der Waals surface area contributed by atoms with Crippen molar-refractivity contribution in [3.05, 3.63) is 0 Å². The average molecular weight is 202 g/mol. The molecule has 14 heavy (non-hydrogen) atoms. The Hall–Kier alpha value is -1.39. The first-order chi connectivity index (χ1) is 6.52. The molecule has 0 radical (unpaired) electrons. The first kappa shape index (κ1) is 12.6. The highest BCUT2D eigenvalue weighted by molar-refractivity contribution is 5.81. The van der Waals surface area contributed by atoms with E-state index in [1.807, 2.05) is 0 Å². The van der Waals surface area contributed by atoms with Gasteiger partial charge in [0, 0.05) is 20.3 Å². The number of carbonyl (C=O) groups is 3. The summed E-state index contributed by atoms with van der Waals surface area (Å²) in [5, 5.41) is 0. The lowest BCUT2D eigenvalue weighted by Gasteiger charge is -2.02. The lowest BCUT2D eigenvalue weighted by Crippen LogP contribution is -2.12. The maximum atomic E-state index is 11.0. The van der Waals surface area contributed by atoms with Crippen molar-refractivity contribution in [3.8, 4) is 0 Å². The first-order valence-electron chi connectivity index (χ1n) is 4.31. The van der Waals surface area contributed by atoms with E-state index < -0.39 is 5.97 Å². The molecule has 0 aromatic rings. The molecule has 0 rings (SSSR count). The molecular weight excluding hydrogens is 188 g/mol. The molecule has 0 saturated heterocycles. The third-order valence-corrected chi connectivity index (χ3v) is 1.34. The van der Waals surface area contributed by atoms with E-state index in [2.05, 4.69) is 9.47 Å². The second-order valence-electron chi connectivity index (χ2n) is 2.76. The molecule has 0 heterocycles. The molecule has 0 amide bonds. The Labute approximate surface area is 82.4 Å². The third kappa shape index (κ3) is 8.70. The summed E-state index contributed by atoms with van der Waals surface area (Å²) in [5.41, 5.74) is 0. The number of carbonyl (C=O) groups excluding carboxylic acids is 3. The van der Waals surface area contributed by atoms with Crippen LogP contribution in [0.1, 0.15) is 26.7 Å². The van der Waals surface area contributed by atoms with E-state index in [4.69, 9.17) is 0 Å². The van der Waals surface area contributed by atoms with Gasteiger partial charge in [0.05, 0.1) is 6.61 Å². The van der Waals surface area contributed by atoms with Crippen LogP contribution in [0.3, 0.4) is 0 Å². The van der Waals surface area contributed by atoms with Crippen molar-refractivity contribution >= 4 is 17.7 Å². The molecule has 0 aromatic heterocycles. The van der Waals surface area contributed by atoms with Crippen LogP contribution < -0.4 is 0 Å². The highest BCUT2D eigenvalue weighted by Crippen LogP contribution is 1.93. The summed E-state index contributed by atoms with van der Waals surface area (Å²) in [5.74, 6) is -1.01. The van der Waals surface area contributed by atoms with Crippen molar-refractivity contribution in [1.82, 2.24) is 0 Å². The van der Waals surface area contributed by atoms with Gasteiger partial charge >= 0.3 is 11.9 Å². The van der Waals surface area contributed by atoms with E-state index in [0.29, 0.717) is 6.42 Å². The molecule has 0 saturated carbocycles. The highest BCUT2D eigenvalue weighted by Gasteiger charge is 2.04. The van der Waals surface area contributed by atoms with Gasteiger partial charge in [0.15, 0.2) is 5.78 Å². The van der Waals surface area contributed by atoms with Crippen molar-refractivity contribution in [2.24, 2.45) is 0 Å². The molecular formula is C9H14O5. The topological polar surface area (TPSA) is 69.7 Å². The number of esters is 2. The van der Waals surface area contributed by atoms with Gasteiger partial charge in [-0.15, -0.1) is 0 Å². The fraction of sp³-hybridized carbons (Fsp3) is 0.667. The van der Waals surface area contributed by atoms with E-state index in [1.165, 1.54) is 13.8 Å². The van der Waals surface area contributed by atoms with Crippen molar-refractivity contribution < 1.29 is 23.9 Å². The molecule has 0 bridgehead atoms. The molecule has 0 unspecified atom stereocenters. The molecule has 0 aliphatic heterocycles. The standard InChI is InChI=1S/C9H14O5/c1-7(10)13-5-3-4-9(12)6-14-8(2)11/h3-6H2,1-2H3. The fourth-order valence-corrected chi connectivity index (χ4v) is 0.740. The van der Waals surface area contributed by atoms with Crippen LogP contribution in [0, 0.1) is 0 Å². The van der Waals surface area contributed by atoms with Crippen molar-refractivity contribution in [2.75, 3.05) is 13.2 Å². The van der Waals surface area contributed by atoms with Gasteiger partial charge in [-0.25, -0.2) is 0 Å². The first-order valence-corrected chi connectivity index (χ1v) is 4.31. The number of hydrogen-bond acceptors (Lipinski definition) is 5. The summed E-state index contributed by atoms with van der Waals surface area (Å²) in [6, 6.07) is 0. The molecule has 0 aromatic carbocycles. The Bertz CT molecular complexity index is 221. The van der Waals surface area contributed by atoms with E-state index in [0.717, 1.165) is 0 Å². The molecule has 0 fully saturated rings. The van der Waals surface area contributed by atoms with Crippen LogP contribution in [0.2, 0.25) is 0 Å². The number of ether oxygens (including phenoxy) is 2. The van der Waals surface area contributed by atoms with E-state index in [9.17, 15) is 14.4 Å². The maximum absolute atomic E-state index is 11.0. The molecule has 80 valence electrons. The molecule has 0 atom stereocenters. The summed E-state index contributed by atoms with van der Waals surface area (Å²) < 4.78 is 9.10. The monoisotopic (exact) mass is 202 g/mol. The van der Waals surface area contributed by atoms with E-state index >= 15 is 0 Å². The van der Waals surface area contributed by atoms with Gasteiger partial charge in [-0.3, -0.25) is 14.4 Å². The molecule has 5 nitrogen and oxygen atoms in total. The summed E-state index contributed by atoms with van der Waals surface area (Å²) in [6.07, 6.45) is 0.709. The number of rotatable bonds is 6. The second-order valence-corrected chi connectivity index (χ2v) is 2.76. The summed E-state index contributed by atoms with van der Waals surface area (Å²) in [4.78, 5) is 31.6. The Morgan fingerprint density at radius 3 is 2.07 bits per heavy atom. The van der Waals surface area contributed by atoms with Gasteiger partial charge in [0.2, 0.25) is 0 Å². The van der Waals surface area contributed by atoms with Crippen LogP contribution in [0.25, 0.3) is 0 Å². The Morgan fingerprint density at radius 2 is 1.57 bits per heavy atom. The number of Topliss-reactive ketones (excluding diaryl/α,β-unsaturated/α-hetero) is 1. The lowest BCUT2D eigenvalue weighted by molar-refractivity contribution is -0.145. The Kier molecular flexibility index (Phi) is 6.36. The third-order valence-electron chi connectivity index (χ3n) is 1.34. The summed E-state index contributed by atoms with van der Waals surface area (Å²) >= 11 is 0. The molecule has 5 heteroatoms. The zero-order valence-corrected chi connectivity index (χ0v) is 8.37. The van der Waals surface area contributed by atoms with Gasteiger partial charge in [0.25, 0.3) is 0 Å². The van der Waals surface area contributed by atoms with Crippen LogP contribution in [0.4, 0.5) is 0 Å². The van der Waals surface area contributed by atoms with Crippen molar-refractivity contribution in [3.63, 3.8) is 0 Å². The van der Waals surface area contributed by atoms with Crippen LogP contribution in [0.5, 0.6) is 0 Å². The van der Waals surface area contributed by atoms with Gasteiger partial charge in [-0.05, 0) is 6.42 Å². The zero-order chi connectivity index (χ0) is 11.0. The predicted molar refractivity (Wildman–Crippen MR) is 47.5 cm³/mol. The van der Waals surface area contributed by atoms with Crippen LogP contribution in [-0.2, 0) is 23.9 Å². The molecule has 0 aliphatic rings. The molecule has 0 N–H and O–H groups in total. The average Bonchev–Trinajstić information content (AvgIpc) is 2.08. The minimum Gasteiger partial charge on any atom is -0.466 e. The van der Waals surface area contributed by atoms with Gasteiger partial charge < -0.3 is 9.47 Å². The minimum atomic E-state index is -0.474. The minimum absolute atomic E-state index is 0.174. The van der Waals surface area contributed by atoms with Crippen molar-refractivity contribution in [1.29, 1.82) is 0 Å². The van der Waals surface area contributed by atoms with Crippen molar-refractivity contribution in [2.45, 2.75) is 26.7 Å². The zero-order valence-electron chi connectivity index (χ0n) is 8.37. The molecule has 0 aliphatic carbocycles. The Morgan fingerprint density at radius 1 is 1.00 bits per heavy atom. The highest BCUT2D eigenvalue weighted by atomic mass is 16.5. The van der Waals surface area contributed by atoms with E-state index in [-0.39, 0.29) is 31.4 Å². The normalized spacial score (nSPS) is 9.29. The molecule has 0 spiro atoms. The maximum Gasteiger partial charge on any atom is 0.303 e. The number of hydrogen-bond donors (Lipinski definition) is 0. The smallest absolute Gasteiger partial charge is 0.303 e. The van der Waals surface area contributed by atoms with E-state index in [1.54, 1.807) is 0 Å². The Balaban J connectivity index is 3.36. The van der Waals surface area contributed by atoms with Crippen LogP contribution >= 0.6 is 0 Å². The quantitative estimate of drug-likeness (QED) is 0.462. The second kappa shape index (κ2) is 7.06. The lowest BCUT2D eigenvalue weighted by atomic mass is 10.2. The fourth-order valence-electron chi connectivity index (χ4n) is 0.740. The van der Waals surface area contributed by atoms with Gasteiger partial charge in [0.1, 0.15) is 6.61 Å². The summed E-state index contributed by atoms with van der Waals surface area (Å²) in [7, 11) is 0. The van der Waals surface area contributed by atoms with Crippen LogP contribution in [-0.4, -0.2) is 30.9 Å². The SMILES string of the molecule is CC(=O)OCCCC(=O)COC(C)=O. The van der Waals surface area contributed by atoms with Crippen LogP contribution in [0.15, 0.2) is 0 Å². The van der Waals surface area contributed by atoms with Gasteiger partial charge in [-0.2, -0.15) is 0 Å².